The molecule has 1 heterocycles. The Morgan fingerprint density at radius 2 is 0.731 bits per heavy atom. The summed E-state index contributed by atoms with van der Waals surface area (Å²) in [4.78, 5) is 45.0. The molecule has 1 aliphatic heterocycles. The average Bonchev–Trinajstić information content (AvgIpc) is 3.86. The molecule has 2 unspecified atom stereocenters. The zero-order chi connectivity index (χ0) is 48.7. The van der Waals surface area contributed by atoms with Crippen molar-refractivity contribution in [2.75, 3.05) is 39.4 Å². The van der Waals surface area contributed by atoms with Crippen LogP contribution in [-0.4, -0.2) is 73.1 Å². The van der Waals surface area contributed by atoms with E-state index in [0.29, 0.717) is 50.2 Å². The second-order valence-electron chi connectivity index (χ2n) is 21.4. The molecule has 7 heteroatoms. The SMILES string of the molecule is CCCCCCCCC(CCCCCC)COC(=O)CCCCCC(CCCCCC(=O)OCC(CCCCCC)CCCCCCCC)N(CCCN1CCCC1)C(=O)CCCCCCC. The van der Waals surface area contributed by atoms with E-state index in [-0.39, 0.29) is 18.0 Å². The number of hydrogen-bond acceptors (Lipinski definition) is 6. The largest absolute Gasteiger partial charge is 0.465 e. The van der Waals surface area contributed by atoms with Crippen LogP contribution >= 0.6 is 0 Å². The van der Waals surface area contributed by atoms with Crippen molar-refractivity contribution in [2.24, 2.45) is 11.8 Å². The van der Waals surface area contributed by atoms with E-state index in [1.807, 2.05) is 0 Å². The second kappa shape index (κ2) is 48.0. The van der Waals surface area contributed by atoms with E-state index >= 15 is 0 Å². The van der Waals surface area contributed by atoms with E-state index in [4.69, 9.17) is 9.47 Å². The quantitative estimate of drug-likeness (QED) is 0.0447. The maximum atomic E-state index is 14.1. The van der Waals surface area contributed by atoms with Gasteiger partial charge < -0.3 is 19.3 Å². The Labute approximate surface area is 417 Å². The lowest BCUT2D eigenvalue weighted by molar-refractivity contribution is -0.146. The molecule has 0 spiro atoms. The molecule has 0 N–H and O–H groups in total. The molecule has 1 aliphatic rings. The molecule has 1 rings (SSSR count). The monoisotopic (exact) mass is 945 g/mol. The maximum Gasteiger partial charge on any atom is 0.305 e. The van der Waals surface area contributed by atoms with Gasteiger partial charge in [0.05, 0.1) is 13.2 Å². The van der Waals surface area contributed by atoms with E-state index in [9.17, 15) is 14.4 Å². The van der Waals surface area contributed by atoms with Gasteiger partial charge in [-0.15, -0.1) is 0 Å². The molecule has 0 aromatic heterocycles. The van der Waals surface area contributed by atoms with Crippen LogP contribution in [0.4, 0.5) is 0 Å². The zero-order valence-corrected chi connectivity index (χ0v) is 45.8. The van der Waals surface area contributed by atoms with Gasteiger partial charge in [0.15, 0.2) is 0 Å². The lowest BCUT2D eigenvalue weighted by Crippen LogP contribution is -2.42. The Morgan fingerprint density at radius 1 is 0.403 bits per heavy atom. The van der Waals surface area contributed by atoms with Gasteiger partial charge in [0.1, 0.15) is 0 Å². The Bertz CT molecular complexity index is 1040. The summed E-state index contributed by atoms with van der Waals surface area (Å²) in [6.45, 7) is 16.8. The second-order valence-corrected chi connectivity index (χ2v) is 21.4. The van der Waals surface area contributed by atoms with Crippen molar-refractivity contribution in [1.29, 1.82) is 0 Å². The van der Waals surface area contributed by atoms with Crippen LogP contribution in [0.2, 0.25) is 0 Å². The van der Waals surface area contributed by atoms with Crippen LogP contribution in [0.25, 0.3) is 0 Å². The first-order valence-corrected chi connectivity index (χ1v) is 30.2. The van der Waals surface area contributed by atoms with Gasteiger partial charge >= 0.3 is 11.9 Å². The summed E-state index contributed by atoms with van der Waals surface area (Å²) < 4.78 is 11.9. The number of carbonyl (C=O) groups is 3. The number of hydrogen-bond donors (Lipinski definition) is 0. The molecule has 0 radical (unpaired) electrons. The molecule has 7 nitrogen and oxygen atoms in total. The van der Waals surface area contributed by atoms with Crippen molar-refractivity contribution in [1.82, 2.24) is 9.80 Å². The number of likely N-dealkylation sites (tertiary alicyclic amines) is 1. The lowest BCUT2D eigenvalue weighted by atomic mass is 9.95. The minimum atomic E-state index is -0.0290. The summed E-state index contributed by atoms with van der Waals surface area (Å²) in [7, 11) is 0. The first kappa shape index (κ1) is 63.4. The predicted octanol–water partition coefficient (Wildman–Crippen LogP) is 17.7. The molecular formula is C60H116N2O5. The van der Waals surface area contributed by atoms with Crippen molar-refractivity contribution >= 4 is 17.8 Å². The van der Waals surface area contributed by atoms with E-state index < -0.39 is 0 Å². The Balaban J connectivity index is 2.79. The third kappa shape index (κ3) is 38.8. The number of amides is 1. The van der Waals surface area contributed by atoms with Crippen LogP contribution < -0.4 is 0 Å². The van der Waals surface area contributed by atoms with Crippen LogP contribution in [0, 0.1) is 11.8 Å². The zero-order valence-electron chi connectivity index (χ0n) is 45.8. The van der Waals surface area contributed by atoms with Gasteiger partial charge in [-0.05, 0) is 109 Å². The van der Waals surface area contributed by atoms with Gasteiger partial charge in [0.25, 0.3) is 0 Å². The van der Waals surface area contributed by atoms with Gasteiger partial charge in [0, 0.05) is 31.8 Å². The Morgan fingerprint density at radius 3 is 1.15 bits per heavy atom. The molecule has 1 amide bonds. The predicted molar refractivity (Wildman–Crippen MR) is 288 cm³/mol. The minimum absolute atomic E-state index is 0.0290. The molecule has 0 saturated carbocycles. The molecule has 67 heavy (non-hydrogen) atoms. The van der Waals surface area contributed by atoms with Crippen LogP contribution in [0.5, 0.6) is 0 Å². The molecule has 0 aliphatic carbocycles. The molecule has 0 bridgehead atoms. The molecule has 1 fully saturated rings. The molecule has 0 aromatic carbocycles. The van der Waals surface area contributed by atoms with Crippen LogP contribution in [0.3, 0.4) is 0 Å². The van der Waals surface area contributed by atoms with Crippen LogP contribution in [0.15, 0.2) is 0 Å². The number of nitrogens with zero attached hydrogens (tertiary/aromatic N) is 2. The van der Waals surface area contributed by atoms with Gasteiger partial charge in [-0.1, -0.05) is 214 Å². The highest BCUT2D eigenvalue weighted by atomic mass is 16.5. The van der Waals surface area contributed by atoms with Crippen LogP contribution in [0.1, 0.15) is 311 Å². The highest BCUT2D eigenvalue weighted by molar-refractivity contribution is 5.76. The molecule has 0 aromatic rings. The topological polar surface area (TPSA) is 76.2 Å². The Kier molecular flexibility index (Phi) is 45.4. The number of carbonyl (C=O) groups excluding carboxylic acids is 3. The maximum absolute atomic E-state index is 14.1. The fourth-order valence-electron chi connectivity index (χ4n) is 10.4. The summed E-state index contributed by atoms with van der Waals surface area (Å²) in [5, 5.41) is 0. The van der Waals surface area contributed by atoms with E-state index in [1.54, 1.807) is 0 Å². The Hall–Kier alpha value is -1.63. The van der Waals surface area contributed by atoms with Crippen molar-refractivity contribution in [3.05, 3.63) is 0 Å². The normalized spacial score (nSPS) is 14.3. The number of ether oxygens (including phenoxy) is 2. The average molecular weight is 946 g/mol. The smallest absolute Gasteiger partial charge is 0.305 e. The highest BCUT2D eigenvalue weighted by Crippen LogP contribution is 2.24. The third-order valence-electron chi connectivity index (χ3n) is 15.0. The minimum Gasteiger partial charge on any atom is -0.465 e. The summed E-state index contributed by atoms with van der Waals surface area (Å²) in [5.41, 5.74) is 0. The van der Waals surface area contributed by atoms with E-state index in [0.717, 1.165) is 83.7 Å². The highest BCUT2D eigenvalue weighted by Gasteiger charge is 2.24. The third-order valence-corrected chi connectivity index (χ3v) is 15.0. The van der Waals surface area contributed by atoms with Gasteiger partial charge in [-0.25, -0.2) is 0 Å². The van der Waals surface area contributed by atoms with Gasteiger partial charge in [-0.3, -0.25) is 14.4 Å². The molecule has 2 atom stereocenters. The van der Waals surface area contributed by atoms with Gasteiger partial charge in [0.2, 0.25) is 5.91 Å². The summed E-state index contributed by atoms with van der Waals surface area (Å²) >= 11 is 0. The molecule has 396 valence electrons. The summed E-state index contributed by atoms with van der Waals surface area (Å²) in [6, 6.07) is 0.214. The first-order valence-electron chi connectivity index (χ1n) is 30.2. The van der Waals surface area contributed by atoms with Crippen LogP contribution in [-0.2, 0) is 23.9 Å². The number of unbranched alkanes of at least 4 members (excludes halogenated alkanes) is 24. The van der Waals surface area contributed by atoms with Crippen molar-refractivity contribution < 1.29 is 23.9 Å². The fourth-order valence-corrected chi connectivity index (χ4v) is 10.4. The number of esters is 2. The number of rotatable bonds is 51. The molecule has 1 saturated heterocycles. The summed E-state index contributed by atoms with van der Waals surface area (Å²) in [5.74, 6) is 1.27. The fraction of sp³-hybridized carbons (Fsp3) is 0.950. The standard InChI is InChI=1S/C60H116N2O5/c1-6-11-16-21-24-30-42-55(40-28-19-14-9-4)53-66-59(64)47-35-26-32-44-57(62(52-39-51-61-49-37-38-50-61)58(63)46-34-23-18-13-8-3)45-33-27-36-48-60(65)67-54-56(41-29-20-15-10-5)43-31-25-22-17-12-7-2/h55-57H,6-54H2,1-5H3. The first-order chi connectivity index (χ1) is 32.9. The van der Waals surface area contributed by atoms with Crippen molar-refractivity contribution in [2.45, 2.75) is 317 Å². The lowest BCUT2D eigenvalue weighted by Gasteiger charge is -2.33. The van der Waals surface area contributed by atoms with Crippen molar-refractivity contribution in [3.63, 3.8) is 0 Å². The van der Waals surface area contributed by atoms with E-state index in [1.165, 1.54) is 199 Å². The van der Waals surface area contributed by atoms with E-state index in [2.05, 4.69) is 44.4 Å². The van der Waals surface area contributed by atoms with Crippen molar-refractivity contribution in [3.8, 4) is 0 Å². The summed E-state index contributed by atoms with van der Waals surface area (Å²) in [6.07, 6.45) is 49.3. The van der Waals surface area contributed by atoms with Gasteiger partial charge in [-0.2, -0.15) is 0 Å². The molecular weight excluding hydrogens is 829 g/mol.